The third kappa shape index (κ3) is 2.92. The van der Waals surface area contributed by atoms with Gasteiger partial charge >= 0.3 is 0 Å². The van der Waals surface area contributed by atoms with Gasteiger partial charge < -0.3 is 4.90 Å². The molecule has 4 fully saturated rings. The van der Waals surface area contributed by atoms with Crippen molar-refractivity contribution >= 4 is 5.91 Å². The molecule has 4 aliphatic rings. The maximum atomic E-state index is 13.4. The molecule has 0 aromatic heterocycles. The van der Waals surface area contributed by atoms with Gasteiger partial charge in [0.2, 0.25) is 0 Å². The van der Waals surface area contributed by atoms with E-state index >= 15 is 0 Å². The van der Waals surface area contributed by atoms with E-state index in [2.05, 4.69) is 44.7 Å². The van der Waals surface area contributed by atoms with Crippen LogP contribution in [0, 0.1) is 17.8 Å². The molecule has 0 saturated heterocycles. The monoisotopic (exact) mass is 339 g/mol. The van der Waals surface area contributed by atoms with Gasteiger partial charge in [-0.3, -0.25) is 4.79 Å². The third-order valence-corrected chi connectivity index (χ3v) is 7.14. The highest BCUT2D eigenvalue weighted by molar-refractivity contribution is 5.94. The molecule has 0 heterocycles. The molecule has 1 aromatic carbocycles. The molecule has 0 radical (unpaired) electrons. The average molecular weight is 340 g/mol. The molecular formula is C23H33NO. The normalized spacial score (nSPS) is 33.5. The summed E-state index contributed by atoms with van der Waals surface area (Å²) in [6, 6.07) is 8.37. The third-order valence-electron chi connectivity index (χ3n) is 7.14. The van der Waals surface area contributed by atoms with E-state index in [0.29, 0.717) is 0 Å². The number of carbonyl (C=O) groups is 1. The SMILES string of the molecule is CCN(C(=O)c1ccc(C(C)(C)C)cc1)C12CC3CC(CC(C3)C1)C2. The van der Waals surface area contributed by atoms with Gasteiger partial charge in [-0.05, 0) is 86.3 Å². The summed E-state index contributed by atoms with van der Waals surface area (Å²) in [5.74, 6) is 2.87. The minimum absolute atomic E-state index is 0.131. The lowest BCUT2D eigenvalue weighted by molar-refractivity contribution is -0.0731. The van der Waals surface area contributed by atoms with E-state index in [-0.39, 0.29) is 16.9 Å². The van der Waals surface area contributed by atoms with E-state index in [4.69, 9.17) is 0 Å². The summed E-state index contributed by atoms with van der Waals surface area (Å²) in [6.45, 7) is 9.67. The largest absolute Gasteiger partial charge is 0.333 e. The predicted octanol–water partition coefficient (Wildman–Crippen LogP) is 5.42. The van der Waals surface area contributed by atoms with Crippen LogP contribution >= 0.6 is 0 Å². The van der Waals surface area contributed by atoms with Crippen molar-refractivity contribution in [3.8, 4) is 0 Å². The maximum absolute atomic E-state index is 13.4. The number of amides is 1. The molecule has 1 amide bonds. The van der Waals surface area contributed by atoms with Crippen LogP contribution in [0.15, 0.2) is 24.3 Å². The Morgan fingerprint density at radius 1 is 1.00 bits per heavy atom. The number of hydrogen-bond donors (Lipinski definition) is 0. The van der Waals surface area contributed by atoms with Crippen LogP contribution in [0.4, 0.5) is 0 Å². The fourth-order valence-electron chi connectivity index (χ4n) is 6.36. The molecule has 136 valence electrons. The van der Waals surface area contributed by atoms with E-state index in [0.717, 1.165) is 29.9 Å². The molecule has 5 rings (SSSR count). The fraction of sp³-hybridized carbons (Fsp3) is 0.696. The van der Waals surface area contributed by atoms with Gasteiger partial charge in [0.15, 0.2) is 0 Å². The lowest BCUT2D eigenvalue weighted by Gasteiger charge is -2.60. The van der Waals surface area contributed by atoms with Crippen molar-refractivity contribution in [2.24, 2.45) is 17.8 Å². The second-order valence-corrected chi connectivity index (χ2v) is 10.0. The Bertz CT molecular complexity index is 616. The number of hydrogen-bond acceptors (Lipinski definition) is 1. The first-order valence-electron chi connectivity index (χ1n) is 10.2. The first kappa shape index (κ1) is 17.1. The summed E-state index contributed by atoms with van der Waals surface area (Å²) in [5.41, 5.74) is 2.45. The highest BCUT2D eigenvalue weighted by Gasteiger charge is 2.54. The van der Waals surface area contributed by atoms with Crippen LogP contribution in [0.5, 0.6) is 0 Å². The fourth-order valence-corrected chi connectivity index (χ4v) is 6.36. The molecule has 4 bridgehead atoms. The van der Waals surface area contributed by atoms with Gasteiger partial charge in [-0.15, -0.1) is 0 Å². The van der Waals surface area contributed by atoms with E-state index < -0.39 is 0 Å². The Kier molecular flexibility index (Phi) is 4.01. The first-order chi connectivity index (χ1) is 11.8. The molecule has 25 heavy (non-hydrogen) atoms. The zero-order chi connectivity index (χ0) is 17.8. The molecule has 0 unspecified atom stereocenters. The molecule has 0 aliphatic heterocycles. The molecule has 0 atom stereocenters. The van der Waals surface area contributed by atoms with Crippen LogP contribution < -0.4 is 0 Å². The minimum atomic E-state index is 0.131. The van der Waals surface area contributed by atoms with Crippen molar-refractivity contribution in [3.63, 3.8) is 0 Å². The predicted molar refractivity (Wildman–Crippen MR) is 103 cm³/mol. The van der Waals surface area contributed by atoms with Crippen LogP contribution in [0.25, 0.3) is 0 Å². The summed E-state index contributed by atoms with van der Waals surface area (Å²) in [4.78, 5) is 15.6. The van der Waals surface area contributed by atoms with Crippen LogP contribution in [0.3, 0.4) is 0 Å². The minimum Gasteiger partial charge on any atom is -0.333 e. The van der Waals surface area contributed by atoms with Crippen molar-refractivity contribution in [1.29, 1.82) is 0 Å². The Hall–Kier alpha value is -1.31. The zero-order valence-electron chi connectivity index (χ0n) is 16.3. The molecule has 4 saturated carbocycles. The number of carbonyl (C=O) groups excluding carboxylic acids is 1. The molecular weight excluding hydrogens is 306 g/mol. The highest BCUT2D eigenvalue weighted by atomic mass is 16.2. The Morgan fingerprint density at radius 3 is 1.88 bits per heavy atom. The molecule has 0 spiro atoms. The molecule has 2 heteroatoms. The molecule has 2 nitrogen and oxygen atoms in total. The summed E-state index contributed by atoms with van der Waals surface area (Å²) in [7, 11) is 0. The van der Waals surface area contributed by atoms with E-state index in [1.54, 1.807) is 0 Å². The van der Waals surface area contributed by atoms with E-state index in [1.165, 1.54) is 44.1 Å². The molecule has 1 aromatic rings. The van der Waals surface area contributed by atoms with Crippen molar-refractivity contribution in [2.75, 3.05) is 6.54 Å². The number of rotatable bonds is 3. The van der Waals surface area contributed by atoms with Gasteiger partial charge in [0.1, 0.15) is 0 Å². The van der Waals surface area contributed by atoms with Crippen molar-refractivity contribution in [3.05, 3.63) is 35.4 Å². The Labute approximate surface area is 153 Å². The second kappa shape index (κ2) is 5.86. The number of benzene rings is 1. The van der Waals surface area contributed by atoms with Crippen LogP contribution in [-0.4, -0.2) is 22.9 Å². The quantitative estimate of drug-likeness (QED) is 0.720. The lowest BCUT2D eigenvalue weighted by Crippen LogP contribution is -2.61. The van der Waals surface area contributed by atoms with Gasteiger partial charge in [-0.2, -0.15) is 0 Å². The summed E-state index contributed by atoms with van der Waals surface area (Å²) in [5, 5.41) is 0. The van der Waals surface area contributed by atoms with Gasteiger partial charge in [0, 0.05) is 17.6 Å². The van der Waals surface area contributed by atoms with Crippen molar-refractivity contribution in [1.82, 2.24) is 4.90 Å². The summed E-state index contributed by atoms with van der Waals surface area (Å²) < 4.78 is 0. The molecule has 0 N–H and O–H groups in total. The topological polar surface area (TPSA) is 20.3 Å². The lowest BCUT2D eigenvalue weighted by atomic mass is 9.52. The van der Waals surface area contributed by atoms with Gasteiger partial charge in [-0.1, -0.05) is 32.9 Å². The van der Waals surface area contributed by atoms with Crippen LogP contribution in [-0.2, 0) is 5.41 Å². The van der Waals surface area contributed by atoms with E-state index in [1.807, 2.05) is 12.1 Å². The molecule has 4 aliphatic carbocycles. The van der Waals surface area contributed by atoms with Crippen LogP contribution in [0.1, 0.15) is 82.1 Å². The second-order valence-electron chi connectivity index (χ2n) is 10.0. The van der Waals surface area contributed by atoms with Crippen molar-refractivity contribution in [2.45, 2.75) is 77.2 Å². The first-order valence-corrected chi connectivity index (χ1v) is 10.2. The smallest absolute Gasteiger partial charge is 0.254 e. The highest BCUT2D eigenvalue weighted by Crippen LogP contribution is 2.57. The summed E-state index contributed by atoms with van der Waals surface area (Å²) in [6.07, 6.45) is 8.01. The van der Waals surface area contributed by atoms with E-state index in [9.17, 15) is 4.79 Å². The zero-order valence-corrected chi connectivity index (χ0v) is 16.3. The van der Waals surface area contributed by atoms with Crippen LogP contribution in [0.2, 0.25) is 0 Å². The Morgan fingerprint density at radius 2 is 1.48 bits per heavy atom. The average Bonchev–Trinajstić information content (AvgIpc) is 2.53. The summed E-state index contributed by atoms with van der Waals surface area (Å²) >= 11 is 0. The standard InChI is InChI=1S/C23H33NO/c1-5-24(21(25)19-6-8-20(9-7-19)22(2,3)4)23-13-16-10-17(14-23)12-18(11-16)15-23/h6-9,16-18H,5,10-15H2,1-4H3. The van der Waals surface area contributed by atoms with Crippen molar-refractivity contribution < 1.29 is 4.79 Å². The van der Waals surface area contributed by atoms with Gasteiger partial charge in [-0.25, -0.2) is 0 Å². The Balaban J connectivity index is 1.60. The maximum Gasteiger partial charge on any atom is 0.254 e. The number of nitrogens with zero attached hydrogens (tertiary/aromatic N) is 1. The van der Waals surface area contributed by atoms with Gasteiger partial charge in [0.25, 0.3) is 5.91 Å². The van der Waals surface area contributed by atoms with Gasteiger partial charge in [0.05, 0.1) is 0 Å².